The lowest BCUT2D eigenvalue weighted by Gasteiger charge is -2.26. The standard InChI is InChI=1S/C17H26N2O2/c1-13-10-15(11-14(2)17(13)21)12-18-7-6-16(20)19-8-4-3-5-9-19/h10-11,18,21H,3-9,12H2,1-2H3. The molecule has 1 fully saturated rings. The Morgan fingerprint density at radius 1 is 1.19 bits per heavy atom. The van der Waals surface area contributed by atoms with E-state index in [4.69, 9.17) is 0 Å². The van der Waals surface area contributed by atoms with E-state index in [1.165, 1.54) is 6.42 Å². The monoisotopic (exact) mass is 290 g/mol. The van der Waals surface area contributed by atoms with Crippen LogP contribution in [0.4, 0.5) is 0 Å². The van der Waals surface area contributed by atoms with Crippen molar-refractivity contribution in [2.24, 2.45) is 0 Å². The van der Waals surface area contributed by atoms with Crippen LogP contribution in [-0.4, -0.2) is 35.5 Å². The van der Waals surface area contributed by atoms with Crippen molar-refractivity contribution in [2.75, 3.05) is 19.6 Å². The Kier molecular flexibility index (Phi) is 5.62. The summed E-state index contributed by atoms with van der Waals surface area (Å²) in [6, 6.07) is 3.98. The molecule has 0 aliphatic carbocycles. The SMILES string of the molecule is Cc1cc(CNCCC(=O)N2CCCCC2)cc(C)c1O. The Bertz CT molecular complexity index is 471. The first-order chi connectivity index (χ1) is 10.1. The number of aryl methyl sites for hydroxylation is 2. The first-order valence-corrected chi connectivity index (χ1v) is 7.85. The summed E-state index contributed by atoms with van der Waals surface area (Å²) in [5, 5.41) is 13.1. The zero-order valence-corrected chi connectivity index (χ0v) is 13.1. The average Bonchev–Trinajstić information content (AvgIpc) is 2.49. The molecule has 4 nitrogen and oxygen atoms in total. The molecular formula is C17H26N2O2. The number of phenolic OH excluding ortho intramolecular Hbond substituents is 1. The molecule has 2 N–H and O–H groups in total. The quantitative estimate of drug-likeness (QED) is 0.819. The number of carbonyl (C=O) groups excluding carboxylic acids is 1. The van der Waals surface area contributed by atoms with Gasteiger partial charge in [-0.2, -0.15) is 0 Å². The zero-order chi connectivity index (χ0) is 15.2. The van der Waals surface area contributed by atoms with Gasteiger partial charge in [0.05, 0.1) is 0 Å². The smallest absolute Gasteiger partial charge is 0.223 e. The third kappa shape index (κ3) is 4.46. The highest BCUT2D eigenvalue weighted by Crippen LogP contribution is 2.22. The number of hydrogen-bond donors (Lipinski definition) is 2. The van der Waals surface area contributed by atoms with Crippen LogP contribution in [-0.2, 0) is 11.3 Å². The molecule has 1 amide bonds. The predicted octanol–water partition coefficient (Wildman–Crippen LogP) is 2.50. The van der Waals surface area contributed by atoms with Crippen LogP contribution in [0.2, 0.25) is 0 Å². The van der Waals surface area contributed by atoms with E-state index in [1.807, 2.05) is 30.9 Å². The van der Waals surface area contributed by atoms with Crippen molar-refractivity contribution in [3.63, 3.8) is 0 Å². The van der Waals surface area contributed by atoms with E-state index >= 15 is 0 Å². The molecule has 1 aliphatic heterocycles. The molecule has 1 aromatic rings. The van der Waals surface area contributed by atoms with Crippen molar-refractivity contribution in [1.29, 1.82) is 0 Å². The number of aromatic hydroxyl groups is 1. The fourth-order valence-electron chi connectivity index (χ4n) is 2.88. The van der Waals surface area contributed by atoms with Gasteiger partial charge in [-0.25, -0.2) is 0 Å². The largest absolute Gasteiger partial charge is 0.507 e. The fraction of sp³-hybridized carbons (Fsp3) is 0.588. The van der Waals surface area contributed by atoms with Crippen LogP contribution in [0, 0.1) is 13.8 Å². The van der Waals surface area contributed by atoms with Gasteiger partial charge in [0.1, 0.15) is 5.75 Å². The lowest BCUT2D eigenvalue weighted by molar-refractivity contribution is -0.131. The highest BCUT2D eigenvalue weighted by Gasteiger charge is 2.15. The molecule has 1 aliphatic rings. The molecule has 1 aromatic carbocycles. The first kappa shape index (κ1) is 15.8. The zero-order valence-electron chi connectivity index (χ0n) is 13.1. The van der Waals surface area contributed by atoms with E-state index in [0.717, 1.165) is 49.2 Å². The number of hydrogen-bond acceptors (Lipinski definition) is 3. The minimum absolute atomic E-state index is 0.264. The van der Waals surface area contributed by atoms with E-state index in [2.05, 4.69) is 5.32 Å². The van der Waals surface area contributed by atoms with Gasteiger partial charge >= 0.3 is 0 Å². The summed E-state index contributed by atoms with van der Waals surface area (Å²) in [6.45, 7) is 7.10. The molecular weight excluding hydrogens is 264 g/mol. The van der Waals surface area contributed by atoms with Gasteiger partial charge < -0.3 is 15.3 Å². The summed E-state index contributed by atoms with van der Waals surface area (Å²) in [6.07, 6.45) is 4.11. The van der Waals surface area contributed by atoms with E-state index in [0.29, 0.717) is 18.7 Å². The van der Waals surface area contributed by atoms with Crippen LogP contribution in [0.15, 0.2) is 12.1 Å². The number of nitrogens with zero attached hydrogens (tertiary/aromatic N) is 1. The molecule has 0 saturated carbocycles. The van der Waals surface area contributed by atoms with Gasteiger partial charge in [-0.15, -0.1) is 0 Å². The van der Waals surface area contributed by atoms with Gasteiger partial charge in [0.25, 0.3) is 0 Å². The summed E-state index contributed by atoms with van der Waals surface area (Å²) in [7, 11) is 0. The molecule has 21 heavy (non-hydrogen) atoms. The fourth-order valence-corrected chi connectivity index (χ4v) is 2.88. The average molecular weight is 290 g/mol. The van der Waals surface area contributed by atoms with E-state index in [9.17, 15) is 9.90 Å². The molecule has 4 heteroatoms. The van der Waals surface area contributed by atoms with Crippen molar-refractivity contribution in [2.45, 2.75) is 46.1 Å². The van der Waals surface area contributed by atoms with Gasteiger partial charge in [0.15, 0.2) is 0 Å². The Morgan fingerprint density at radius 2 is 1.81 bits per heavy atom. The third-order valence-corrected chi connectivity index (χ3v) is 4.10. The molecule has 0 bridgehead atoms. The molecule has 1 saturated heterocycles. The minimum atomic E-state index is 0.264. The van der Waals surface area contributed by atoms with Crippen LogP contribution in [0.1, 0.15) is 42.4 Å². The van der Waals surface area contributed by atoms with E-state index in [1.54, 1.807) is 0 Å². The van der Waals surface area contributed by atoms with Crippen molar-refractivity contribution < 1.29 is 9.90 Å². The normalized spacial score (nSPS) is 15.2. The van der Waals surface area contributed by atoms with Crippen LogP contribution >= 0.6 is 0 Å². The minimum Gasteiger partial charge on any atom is -0.507 e. The number of amides is 1. The van der Waals surface area contributed by atoms with Gasteiger partial charge in [-0.05, 0) is 49.8 Å². The second-order valence-corrected chi connectivity index (χ2v) is 5.95. The Balaban J connectivity index is 1.73. The highest BCUT2D eigenvalue weighted by atomic mass is 16.3. The van der Waals surface area contributed by atoms with Crippen LogP contribution in [0.25, 0.3) is 0 Å². The number of nitrogens with one attached hydrogen (secondary N) is 1. The van der Waals surface area contributed by atoms with E-state index in [-0.39, 0.29) is 5.91 Å². The van der Waals surface area contributed by atoms with E-state index < -0.39 is 0 Å². The number of piperidine rings is 1. The van der Waals surface area contributed by atoms with Crippen molar-refractivity contribution in [3.05, 3.63) is 28.8 Å². The third-order valence-electron chi connectivity index (χ3n) is 4.10. The lowest BCUT2D eigenvalue weighted by atomic mass is 10.1. The first-order valence-electron chi connectivity index (χ1n) is 7.85. The predicted molar refractivity (Wildman–Crippen MR) is 84.3 cm³/mol. The molecule has 1 heterocycles. The van der Waals surface area contributed by atoms with Crippen LogP contribution in [0.3, 0.4) is 0 Å². The number of likely N-dealkylation sites (tertiary alicyclic amines) is 1. The second-order valence-electron chi connectivity index (χ2n) is 5.95. The van der Waals surface area contributed by atoms with Crippen LogP contribution < -0.4 is 5.32 Å². The molecule has 0 atom stereocenters. The van der Waals surface area contributed by atoms with Gasteiger partial charge in [0, 0.05) is 32.6 Å². The maximum atomic E-state index is 12.0. The molecule has 2 rings (SSSR count). The maximum Gasteiger partial charge on any atom is 0.223 e. The topological polar surface area (TPSA) is 52.6 Å². The van der Waals surface area contributed by atoms with Gasteiger partial charge in [0.2, 0.25) is 5.91 Å². The summed E-state index contributed by atoms with van der Waals surface area (Å²) < 4.78 is 0. The Labute approximate surface area is 127 Å². The number of rotatable bonds is 5. The molecule has 116 valence electrons. The number of phenols is 1. The molecule has 0 unspecified atom stereocenters. The highest BCUT2D eigenvalue weighted by molar-refractivity contribution is 5.76. The Hall–Kier alpha value is -1.55. The van der Waals surface area contributed by atoms with Gasteiger partial charge in [-0.3, -0.25) is 4.79 Å². The summed E-state index contributed by atoms with van der Waals surface area (Å²) in [4.78, 5) is 14.0. The van der Waals surface area contributed by atoms with Crippen LogP contribution in [0.5, 0.6) is 5.75 Å². The second kappa shape index (κ2) is 7.46. The summed E-state index contributed by atoms with van der Waals surface area (Å²) in [5.74, 6) is 0.638. The molecule has 0 spiro atoms. The maximum absolute atomic E-state index is 12.0. The number of carbonyl (C=O) groups is 1. The Morgan fingerprint density at radius 3 is 2.43 bits per heavy atom. The molecule has 0 aromatic heterocycles. The van der Waals surface area contributed by atoms with Gasteiger partial charge in [-0.1, -0.05) is 12.1 Å². The molecule has 0 radical (unpaired) electrons. The summed E-state index contributed by atoms with van der Waals surface area (Å²) >= 11 is 0. The van der Waals surface area contributed by atoms with Crippen molar-refractivity contribution in [1.82, 2.24) is 10.2 Å². The number of benzene rings is 1. The van der Waals surface area contributed by atoms with Crippen molar-refractivity contribution >= 4 is 5.91 Å². The van der Waals surface area contributed by atoms with Crippen molar-refractivity contribution in [3.8, 4) is 5.75 Å². The lowest BCUT2D eigenvalue weighted by Crippen LogP contribution is -2.37. The summed E-state index contributed by atoms with van der Waals surface area (Å²) in [5.41, 5.74) is 2.95.